The maximum atomic E-state index is 13.7. The van der Waals surface area contributed by atoms with E-state index in [1.54, 1.807) is 63.9 Å². The second kappa shape index (κ2) is 9.91. The van der Waals surface area contributed by atoms with Crippen LogP contribution in [0.4, 0.5) is 0 Å². The molecule has 0 spiro atoms. The number of pyridine rings is 1. The summed E-state index contributed by atoms with van der Waals surface area (Å²) in [6.45, 7) is 4.72. The minimum Gasteiger partial charge on any atom is -0.495 e. The van der Waals surface area contributed by atoms with Gasteiger partial charge in [-0.2, -0.15) is 0 Å². The minimum absolute atomic E-state index is 0.120. The molecule has 0 aliphatic carbocycles. The number of amides is 1. The summed E-state index contributed by atoms with van der Waals surface area (Å²) in [5, 5.41) is 0.380. The van der Waals surface area contributed by atoms with Crippen LogP contribution in [0.3, 0.4) is 0 Å². The molecular weight excluding hydrogens is 480 g/mol. The van der Waals surface area contributed by atoms with E-state index in [-0.39, 0.29) is 17.6 Å². The highest BCUT2D eigenvalue weighted by atomic mass is 35.5. The molecule has 8 nitrogen and oxygen atoms in total. The number of carbonyl (C=O) groups is 1. The Hall–Kier alpha value is -4.04. The smallest absolute Gasteiger partial charge is 0.334 e. The molecule has 0 N–H and O–H groups in total. The van der Waals surface area contributed by atoms with Crippen molar-refractivity contribution >= 4 is 28.5 Å². The molecule has 9 heteroatoms. The van der Waals surface area contributed by atoms with Gasteiger partial charge in [-0.25, -0.2) is 4.79 Å². The maximum Gasteiger partial charge on any atom is 0.334 e. The lowest BCUT2D eigenvalue weighted by Crippen LogP contribution is -2.42. The van der Waals surface area contributed by atoms with E-state index in [2.05, 4.69) is 11.6 Å². The number of likely N-dealkylation sites (tertiary alicyclic amines) is 1. The van der Waals surface area contributed by atoms with E-state index >= 15 is 0 Å². The monoisotopic (exact) mass is 504 g/mol. The maximum absolute atomic E-state index is 13.7. The molecular formula is C27H25ClN4O4. The molecule has 1 saturated heterocycles. The number of aromatic nitrogens is 3. The number of carbonyl (C=O) groups excluding carboxylic acids is 1. The predicted molar refractivity (Wildman–Crippen MR) is 138 cm³/mol. The van der Waals surface area contributed by atoms with Gasteiger partial charge in [0.25, 0.3) is 0 Å². The molecule has 0 saturated carbocycles. The van der Waals surface area contributed by atoms with E-state index in [9.17, 15) is 9.59 Å². The van der Waals surface area contributed by atoms with Crippen LogP contribution in [0.25, 0.3) is 16.7 Å². The third kappa shape index (κ3) is 4.24. The number of benzene rings is 2. The van der Waals surface area contributed by atoms with Gasteiger partial charge in [-0.05, 0) is 61.4 Å². The lowest BCUT2D eigenvalue weighted by atomic mass is 10.1. The van der Waals surface area contributed by atoms with E-state index in [0.29, 0.717) is 46.6 Å². The second-order valence-electron chi connectivity index (χ2n) is 8.51. The van der Waals surface area contributed by atoms with E-state index in [1.807, 2.05) is 18.2 Å². The summed E-state index contributed by atoms with van der Waals surface area (Å²) >= 11 is 6.35. The Labute approximate surface area is 212 Å². The van der Waals surface area contributed by atoms with Gasteiger partial charge < -0.3 is 14.4 Å². The Kier molecular flexibility index (Phi) is 6.52. The summed E-state index contributed by atoms with van der Waals surface area (Å²) in [5.74, 6) is 1.44. The average molecular weight is 505 g/mol. The van der Waals surface area contributed by atoms with Crippen molar-refractivity contribution in [1.29, 1.82) is 0 Å². The Morgan fingerprint density at radius 1 is 1.14 bits per heavy atom. The van der Waals surface area contributed by atoms with Crippen molar-refractivity contribution in [3.8, 4) is 22.9 Å². The fraction of sp³-hybridized carbons (Fsp3) is 0.222. The van der Waals surface area contributed by atoms with Gasteiger partial charge in [-0.1, -0.05) is 24.2 Å². The molecule has 4 aromatic rings. The van der Waals surface area contributed by atoms with Gasteiger partial charge in [-0.3, -0.25) is 18.9 Å². The first-order chi connectivity index (χ1) is 17.5. The normalized spacial score (nSPS) is 15.6. The third-order valence-electron chi connectivity index (χ3n) is 6.39. The largest absolute Gasteiger partial charge is 0.495 e. The highest BCUT2D eigenvalue weighted by molar-refractivity contribution is 6.33. The zero-order valence-corrected chi connectivity index (χ0v) is 20.5. The molecule has 36 heavy (non-hydrogen) atoms. The molecule has 1 atom stereocenters. The molecule has 1 fully saturated rings. The standard InChI is InChI=1S/C27H25ClN4O4/c1-3-25(33)30-15-5-6-19(17-30)32-21-13-14-29-16-22(21)31(27(32)34)18-9-11-20(12-10-18)36-24-8-4-7-23(35-2)26(24)28/h3-4,7-14,16,19H,1,5-6,15,17H2,2H3/t19-/m0/s1. The van der Waals surface area contributed by atoms with Crippen molar-refractivity contribution in [2.45, 2.75) is 18.9 Å². The fourth-order valence-corrected chi connectivity index (χ4v) is 4.92. The summed E-state index contributed by atoms with van der Waals surface area (Å²) in [4.78, 5) is 32.0. The van der Waals surface area contributed by atoms with Gasteiger partial charge in [0, 0.05) is 19.3 Å². The van der Waals surface area contributed by atoms with Crippen molar-refractivity contribution in [1.82, 2.24) is 19.0 Å². The van der Waals surface area contributed by atoms with Gasteiger partial charge in [-0.15, -0.1) is 0 Å². The Morgan fingerprint density at radius 3 is 2.67 bits per heavy atom. The predicted octanol–water partition coefficient (Wildman–Crippen LogP) is 4.99. The Morgan fingerprint density at radius 2 is 1.92 bits per heavy atom. The lowest BCUT2D eigenvalue weighted by Gasteiger charge is -2.32. The van der Waals surface area contributed by atoms with Crippen LogP contribution in [0.15, 0.2) is 78.4 Å². The number of nitrogens with zero attached hydrogens (tertiary/aromatic N) is 4. The molecule has 1 amide bonds. The average Bonchev–Trinajstić information content (AvgIpc) is 3.21. The number of hydrogen-bond donors (Lipinski definition) is 0. The van der Waals surface area contributed by atoms with Crippen LogP contribution in [0.5, 0.6) is 17.2 Å². The summed E-state index contributed by atoms with van der Waals surface area (Å²) in [6, 6.07) is 14.2. The summed E-state index contributed by atoms with van der Waals surface area (Å²) in [5.41, 5.74) is 1.96. The molecule has 0 unspecified atom stereocenters. The zero-order chi connectivity index (χ0) is 25.2. The minimum atomic E-state index is -0.180. The van der Waals surface area contributed by atoms with Crippen LogP contribution >= 0.6 is 11.6 Å². The van der Waals surface area contributed by atoms with Crippen molar-refractivity contribution in [2.75, 3.05) is 20.2 Å². The Balaban J connectivity index is 1.50. The molecule has 3 heterocycles. The second-order valence-corrected chi connectivity index (χ2v) is 8.88. The van der Waals surface area contributed by atoms with Gasteiger partial charge in [0.05, 0.1) is 36.1 Å². The zero-order valence-electron chi connectivity index (χ0n) is 19.8. The summed E-state index contributed by atoms with van der Waals surface area (Å²) in [6.07, 6.45) is 6.29. The van der Waals surface area contributed by atoms with Crippen molar-refractivity contribution in [3.05, 3.63) is 89.1 Å². The van der Waals surface area contributed by atoms with Crippen molar-refractivity contribution in [2.24, 2.45) is 0 Å². The number of halogens is 1. The number of methoxy groups -OCH3 is 1. The molecule has 1 aliphatic heterocycles. The summed E-state index contributed by atoms with van der Waals surface area (Å²) in [7, 11) is 1.55. The van der Waals surface area contributed by atoms with E-state index in [4.69, 9.17) is 21.1 Å². The Bertz CT molecular complexity index is 1490. The molecule has 2 aromatic heterocycles. The molecule has 184 valence electrons. The number of fused-ring (bicyclic) bond motifs is 1. The van der Waals surface area contributed by atoms with Gasteiger partial charge in [0.2, 0.25) is 5.91 Å². The van der Waals surface area contributed by atoms with Gasteiger partial charge in [0.15, 0.2) is 0 Å². The van der Waals surface area contributed by atoms with Crippen LogP contribution in [0, 0.1) is 0 Å². The van der Waals surface area contributed by atoms with E-state index in [0.717, 1.165) is 18.4 Å². The first-order valence-corrected chi connectivity index (χ1v) is 12.0. The number of rotatable bonds is 6. The van der Waals surface area contributed by atoms with Crippen molar-refractivity contribution in [3.63, 3.8) is 0 Å². The van der Waals surface area contributed by atoms with E-state index < -0.39 is 0 Å². The van der Waals surface area contributed by atoms with Gasteiger partial charge >= 0.3 is 5.69 Å². The van der Waals surface area contributed by atoms with Crippen LogP contribution in [0.1, 0.15) is 18.9 Å². The molecule has 5 rings (SSSR count). The topological polar surface area (TPSA) is 78.6 Å². The van der Waals surface area contributed by atoms with Crippen molar-refractivity contribution < 1.29 is 14.3 Å². The van der Waals surface area contributed by atoms with Gasteiger partial charge in [0.1, 0.15) is 22.3 Å². The summed E-state index contributed by atoms with van der Waals surface area (Å²) < 4.78 is 14.6. The third-order valence-corrected chi connectivity index (χ3v) is 6.77. The van der Waals surface area contributed by atoms with E-state index in [1.165, 1.54) is 6.08 Å². The quantitative estimate of drug-likeness (QED) is 0.346. The molecule has 0 bridgehead atoms. The lowest BCUT2D eigenvalue weighted by molar-refractivity contribution is -0.127. The number of ether oxygens (including phenoxy) is 2. The first kappa shape index (κ1) is 23.7. The molecule has 0 radical (unpaired) electrons. The highest BCUT2D eigenvalue weighted by Gasteiger charge is 2.27. The van der Waals surface area contributed by atoms with Crippen LogP contribution < -0.4 is 15.2 Å². The molecule has 1 aliphatic rings. The van der Waals surface area contributed by atoms with Crippen LogP contribution in [0.2, 0.25) is 5.02 Å². The number of imidazole rings is 1. The molecule has 2 aromatic carbocycles. The first-order valence-electron chi connectivity index (χ1n) is 11.6. The number of piperidine rings is 1. The van der Waals surface area contributed by atoms with Crippen LogP contribution in [-0.2, 0) is 4.79 Å². The SMILES string of the molecule is C=CC(=O)N1CCC[C@H](n2c(=O)n(-c3ccc(Oc4cccc(OC)c4Cl)cc3)c3cnccc32)C1. The highest BCUT2D eigenvalue weighted by Crippen LogP contribution is 2.36. The fourth-order valence-electron chi connectivity index (χ4n) is 4.68. The van der Waals surface area contributed by atoms with Crippen LogP contribution in [-0.4, -0.2) is 45.1 Å². The number of hydrogen-bond acceptors (Lipinski definition) is 5.